The molecule has 0 atom stereocenters. The number of nitrogens with one attached hydrogen (secondary N) is 3. The van der Waals surface area contributed by atoms with Crippen LogP contribution in [0.25, 0.3) is 78.6 Å². The largest absolute Gasteiger partial charge is 3.00 e. The first-order valence-corrected chi connectivity index (χ1v) is 19.6. The van der Waals surface area contributed by atoms with E-state index in [0.717, 1.165) is 0 Å². The van der Waals surface area contributed by atoms with Crippen LogP contribution in [0.3, 0.4) is 0 Å². The average molecular weight is 1030 g/mol. The van der Waals surface area contributed by atoms with Gasteiger partial charge in [0.2, 0.25) is 17.5 Å². The second-order valence-corrected chi connectivity index (χ2v) is 16.0. The molecule has 8 bridgehead atoms. The fourth-order valence-electron chi connectivity index (χ4n) is 6.93. The molecule has 332 valence electrons. The predicted molar refractivity (Wildman–Crippen MR) is 196 cm³/mol. The van der Waals surface area contributed by atoms with Crippen molar-refractivity contribution in [3.05, 3.63) is 123 Å². The summed E-state index contributed by atoms with van der Waals surface area (Å²) in [6, 6.07) is 1.43. The molecule has 0 spiro atoms. The molecule has 1 aliphatic rings. The molecule has 0 radical (unpaired) electrons. The quantitative estimate of drug-likeness (QED) is 0.0376. The second kappa shape index (κ2) is 15.8. The number of fused-ring (bicyclic) bond motifs is 9. The maximum Gasteiger partial charge on any atom is 3.00 e. The van der Waals surface area contributed by atoms with Crippen LogP contribution < -0.4 is 0 Å². The number of rotatable bonds is 5. The Balaban J connectivity index is 0.00000630. The summed E-state index contributed by atoms with van der Waals surface area (Å²) in [5, 5.41) is 0. The van der Waals surface area contributed by atoms with Gasteiger partial charge in [0.1, 0.15) is 9.79 Å². The maximum absolute atomic E-state index is 15.8. The number of aromatic amines is 3. The molecule has 0 saturated heterocycles. The van der Waals surface area contributed by atoms with Gasteiger partial charge in [0.25, 0.3) is 20.2 Å². The average Bonchev–Trinajstić information content (AvgIpc) is 4.07. The Kier molecular flexibility index (Phi) is 11.3. The zero-order valence-corrected chi connectivity index (χ0v) is 34.6. The van der Waals surface area contributed by atoms with Gasteiger partial charge in [0.15, 0.2) is 69.8 Å². The van der Waals surface area contributed by atoms with E-state index in [1.54, 1.807) is 0 Å². The zero-order chi connectivity index (χ0) is 47.0. The Labute approximate surface area is 362 Å². The molecule has 4 aromatic heterocycles. The molecule has 65 heavy (non-hydrogen) atoms. The van der Waals surface area contributed by atoms with Gasteiger partial charge in [0, 0.05) is 27.7 Å². The third-order valence-corrected chi connectivity index (χ3v) is 11.4. The van der Waals surface area contributed by atoms with E-state index < -0.39 is 195 Å². The number of H-pyrrole nitrogens is 3. The van der Waals surface area contributed by atoms with Crippen molar-refractivity contribution in [1.82, 2.24) is 19.9 Å². The van der Waals surface area contributed by atoms with Crippen molar-refractivity contribution < 1.29 is 91.8 Å². The van der Waals surface area contributed by atoms with E-state index in [2.05, 4.69) is 15.0 Å². The van der Waals surface area contributed by atoms with Gasteiger partial charge in [-0.1, -0.05) is 0 Å². The van der Waals surface area contributed by atoms with Gasteiger partial charge >= 0.3 is 19.8 Å². The molecule has 10 nitrogen and oxygen atoms in total. The van der Waals surface area contributed by atoms with Crippen LogP contribution in [0.2, 0.25) is 0 Å². The van der Waals surface area contributed by atoms with Crippen LogP contribution in [0, 0.1) is 87.3 Å². The van der Waals surface area contributed by atoms with Crippen molar-refractivity contribution in [2.75, 3.05) is 0 Å². The Morgan fingerprint density at radius 3 is 1.05 bits per heavy atom. The normalized spacial score (nSPS) is 12.4. The Hall–Kier alpha value is -6.20. The molecule has 0 fully saturated rings. The van der Waals surface area contributed by atoms with Crippen LogP contribution in [-0.2, 0) is 20.2 Å². The SMILES string of the molecule is O=S(=O)(O)c1cc2[nH]c1c(-c1c(F)c(F)c(F)c(F)c1F)c1ccc([nH]1)c(-c1c(F)c(F)c(F)c(F)c1F)c1nc(c(-c3c(F)c(F)c(F)c(F)c3F)c3cc(S(=O)(=O)O)c2[nH]3)C=C1.[Ga+3]. The fraction of sp³-hybridized carbons (Fsp3) is 0. The summed E-state index contributed by atoms with van der Waals surface area (Å²) in [7, 11) is -11.7. The van der Waals surface area contributed by atoms with Gasteiger partial charge in [-0.2, -0.15) is 16.8 Å². The fourth-order valence-corrected chi connectivity index (χ4v) is 8.29. The number of hydrogen-bond donors (Lipinski definition) is 5. The topological polar surface area (TPSA) is 169 Å². The molecule has 28 heteroatoms. The van der Waals surface area contributed by atoms with Crippen LogP contribution in [-0.4, -0.2) is 65.7 Å². The summed E-state index contributed by atoms with van der Waals surface area (Å²) in [6.45, 7) is 0. The number of halogens is 15. The standard InChI is InChI=1S/C37H11F15N4O6S2.Ga/c38-21-18(22(39)28(45)33(50)27(21)44)15-7-1-2-9(53-7)16(19-23(40)29(46)34(51)30(47)24(19)41)11-5-13(63(57,58)59)36(55-11)12-6-14(64(60,61)62)37(56-12)17(10-4-3-8(15)54-10)20-25(42)31(48)35(52)32(49)26(20)43;/h1-6,54-56H,(H,57,58,59)(H,60,61,62);/q;+3. The molecule has 3 aromatic carbocycles. The van der Waals surface area contributed by atoms with Gasteiger partial charge < -0.3 is 15.0 Å². The number of hydrogen-bond acceptors (Lipinski definition) is 5. The minimum absolute atomic E-state index is 0. The number of aromatic nitrogens is 4. The van der Waals surface area contributed by atoms with Crippen LogP contribution in [0.1, 0.15) is 11.4 Å². The van der Waals surface area contributed by atoms with Crippen LogP contribution in [0.5, 0.6) is 0 Å². The van der Waals surface area contributed by atoms with Crippen molar-refractivity contribution in [3.8, 4) is 33.4 Å². The van der Waals surface area contributed by atoms with Gasteiger partial charge in [0.05, 0.1) is 50.1 Å². The first kappa shape index (κ1) is 46.8. The minimum atomic E-state index is -5.92. The molecule has 0 saturated carbocycles. The van der Waals surface area contributed by atoms with Crippen molar-refractivity contribution in [1.29, 1.82) is 0 Å². The van der Waals surface area contributed by atoms with Crippen molar-refractivity contribution in [2.45, 2.75) is 9.79 Å². The van der Waals surface area contributed by atoms with E-state index >= 15 is 26.3 Å². The van der Waals surface area contributed by atoms with E-state index in [-0.39, 0.29) is 31.9 Å². The molecule has 5 N–H and O–H groups in total. The number of nitrogens with zero attached hydrogens (tertiary/aromatic N) is 1. The first-order chi connectivity index (χ1) is 29.8. The van der Waals surface area contributed by atoms with Crippen LogP contribution >= 0.6 is 0 Å². The van der Waals surface area contributed by atoms with E-state index in [0.29, 0.717) is 24.3 Å². The molecule has 0 aliphatic carbocycles. The third-order valence-electron chi connectivity index (χ3n) is 9.66. The summed E-state index contributed by atoms with van der Waals surface area (Å²) in [6.07, 6.45) is 1.10. The Morgan fingerprint density at radius 1 is 0.369 bits per heavy atom. The van der Waals surface area contributed by atoms with Crippen LogP contribution in [0.4, 0.5) is 65.9 Å². The Bertz CT molecular complexity index is 3620. The summed E-state index contributed by atoms with van der Waals surface area (Å²) < 4.78 is 298. The summed E-state index contributed by atoms with van der Waals surface area (Å²) >= 11 is 0. The van der Waals surface area contributed by atoms with Gasteiger partial charge in [-0.3, -0.25) is 9.11 Å². The number of benzene rings is 3. The molecule has 0 unspecified atom stereocenters. The van der Waals surface area contributed by atoms with Crippen molar-refractivity contribution in [2.24, 2.45) is 0 Å². The molecule has 8 rings (SSSR count). The zero-order valence-electron chi connectivity index (χ0n) is 30.5. The van der Waals surface area contributed by atoms with E-state index in [9.17, 15) is 65.5 Å². The summed E-state index contributed by atoms with van der Waals surface area (Å²) in [5.41, 5.74) is -19.7. The predicted octanol–water partition coefficient (Wildman–Crippen LogP) is 9.90. The monoisotopic (exact) mass is 1020 g/mol. The molecule has 7 aromatic rings. The minimum Gasteiger partial charge on any atom is -0.354 e. The van der Waals surface area contributed by atoms with E-state index in [1.807, 2.05) is 4.98 Å². The summed E-state index contributed by atoms with van der Waals surface area (Å²) in [4.78, 5) is 6.90. The van der Waals surface area contributed by atoms with Gasteiger partial charge in [-0.25, -0.2) is 70.8 Å². The second-order valence-electron chi connectivity index (χ2n) is 13.3. The molecular formula is C37H11F15GaN4O6S2+3. The molecule has 0 amide bonds. The van der Waals surface area contributed by atoms with Crippen LogP contribution in [0.15, 0.2) is 34.1 Å². The third kappa shape index (κ3) is 7.05. The van der Waals surface area contributed by atoms with Gasteiger partial charge in [-0.15, -0.1) is 0 Å². The van der Waals surface area contributed by atoms with Gasteiger partial charge in [-0.05, 0) is 36.4 Å². The Morgan fingerprint density at radius 2 is 0.662 bits per heavy atom. The first-order valence-electron chi connectivity index (χ1n) is 16.7. The van der Waals surface area contributed by atoms with E-state index in [4.69, 9.17) is 0 Å². The molecule has 1 aliphatic heterocycles. The smallest absolute Gasteiger partial charge is 0.354 e. The van der Waals surface area contributed by atoms with Crippen molar-refractivity contribution in [3.63, 3.8) is 0 Å². The summed E-state index contributed by atoms with van der Waals surface area (Å²) in [5.74, 6) is -40.5. The molecular weight excluding hydrogens is 1020 g/mol. The maximum atomic E-state index is 15.8. The van der Waals surface area contributed by atoms with E-state index in [1.165, 1.54) is 0 Å². The van der Waals surface area contributed by atoms with Crippen molar-refractivity contribution >= 4 is 85.3 Å². The molecule has 5 heterocycles.